The Morgan fingerprint density at radius 1 is 1.04 bits per heavy atom. The molecule has 1 fully saturated rings. The SMILES string of the molecule is O=C1Nc2ccccc2C1(Cc1ccc(O)cc1)C1CCCC1. The highest BCUT2D eigenvalue weighted by Crippen LogP contribution is 2.50. The first kappa shape index (κ1) is 14.3. The van der Waals surface area contributed by atoms with E-state index in [1.54, 1.807) is 12.1 Å². The van der Waals surface area contributed by atoms with Gasteiger partial charge in [-0.25, -0.2) is 0 Å². The van der Waals surface area contributed by atoms with Gasteiger partial charge in [-0.3, -0.25) is 4.79 Å². The number of phenols is 1. The highest BCUT2D eigenvalue weighted by Gasteiger charge is 2.52. The molecule has 0 bridgehead atoms. The summed E-state index contributed by atoms with van der Waals surface area (Å²) in [4.78, 5) is 13.1. The fourth-order valence-corrected chi connectivity index (χ4v) is 4.42. The molecule has 1 amide bonds. The number of hydrogen-bond donors (Lipinski definition) is 2. The fourth-order valence-electron chi connectivity index (χ4n) is 4.42. The minimum atomic E-state index is -0.468. The third kappa shape index (κ3) is 2.23. The van der Waals surface area contributed by atoms with Gasteiger partial charge in [0.25, 0.3) is 0 Å². The summed E-state index contributed by atoms with van der Waals surface area (Å²) in [5.74, 6) is 0.790. The largest absolute Gasteiger partial charge is 0.508 e. The summed E-state index contributed by atoms with van der Waals surface area (Å²) in [6, 6.07) is 15.4. The third-order valence-corrected chi connectivity index (χ3v) is 5.53. The number of para-hydroxylation sites is 1. The van der Waals surface area contributed by atoms with E-state index in [0.717, 1.165) is 29.7 Å². The van der Waals surface area contributed by atoms with Crippen LogP contribution in [0, 0.1) is 5.92 Å². The van der Waals surface area contributed by atoms with Gasteiger partial charge in [0.2, 0.25) is 5.91 Å². The van der Waals surface area contributed by atoms with Gasteiger partial charge < -0.3 is 10.4 Å². The Hall–Kier alpha value is -2.29. The Kier molecular flexibility index (Phi) is 3.37. The van der Waals surface area contributed by atoms with Gasteiger partial charge in [0.15, 0.2) is 0 Å². The molecule has 1 atom stereocenters. The molecular weight excluding hydrogens is 286 g/mol. The molecule has 2 aromatic rings. The Balaban J connectivity index is 1.82. The van der Waals surface area contributed by atoms with Crippen molar-refractivity contribution in [1.82, 2.24) is 0 Å². The molecule has 118 valence electrons. The van der Waals surface area contributed by atoms with Crippen LogP contribution in [0.5, 0.6) is 5.75 Å². The minimum absolute atomic E-state index is 0.138. The van der Waals surface area contributed by atoms with Crippen LogP contribution in [0.1, 0.15) is 36.8 Å². The van der Waals surface area contributed by atoms with Gasteiger partial charge in [0.1, 0.15) is 5.75 Å². The normalized spacial score (nSPS) is 23.7. The molecule has 1 aliphatic heterocycles. The van der Waals surface area contributed by atoms with E-state index in [1.165, 1.54) is 12.8 Å². The van der Waals surface area contributed by atoms with Gasteiger partial charge in [-0.2, -0.15) is 0 Å². The molecule has 23 heavy (non-hydrogen) atoms. The number of anilines is 1. The van der Waals surface area contributed by atoms with E-state index in [0.29, 0.717) is 12.3 Å². The van der Waals surface area contributed by atoms with E-state index in [2.05, 4.69) is 11.4 Å². The second-order valence-corrected chi connectivity index (χ2v) is 6.80. The summed E-state index contributed by atoms with van der Waals surface area (Å²) in [6.45, 7) is 0. The molecule has 0 aromatic heterocycles. The maximum Gasteiger partial charge on any atom is 0.235 e. The molecule has 0 spiro atoms. The molecule has 0 radical (unpaired) electrons. The molecule has 1 unspecified atom stereocenters. The average molecular weight is 307 g/mol. The number of benzene rings is 2. The topological polar surface area (TPSA) is 49.3 Å². The second kappa shape index (κ2) is 5.41. The Morgan fingerprint density at radius 2 is 1.74 bits per heavy atom. The molecular formula is C20H21NO2. The van der Waals surface area contributed by atoms with Gasteiger partial charge in [0.05, 0.1) is 5.41 Å². The second-order valence-electron chi connectivity index (χ2n) is 6.80. The van der Waals surface area contributed by atoms with Crippen LogP contribution in [0.2, 0.25) is 0 Å². The Bertz CT molecular complexity index is 732. The molecule has 4 rings (SSSR count). The molecule has 3 heteroatoms. The van der Waals surface area contributed by atoms with Crippen LogP contribution in [0.25, 0.3) is 0 Å². The smallest absolute Gasteiger partial charge is 0.235 e. The third-order valence-electron chi connectivity index (χ3n) is 5.53. The number of phenolic OH excluding ortho intramolecular Hbond substituents is 1. The fraction of sp³-hybridized carbons (Fsp3) is 0.350. The molecule has 2 aromatic carbocycles. The van der Waals surface area contributed by atoms with E-state index in [4.69, 9.17) is 0 Å². The molecule has 0 saturated heterocycles. The number of fused-ring (bicyclic) bond motifs is 1. The van der Waals surface area contributed by atoms with Crippen LogP contribution in [0.4, 0.5) is 5.69 Å². The number of rotatable bonds is 3. The monoisotopic (exact) mass is 307 g/mol. The molecule has 2 N–H and O–H groups in total. The first-order chi connectivity index (χ1) is 11.2. The Morgan fingerprint density at radius 3 is 2.48 bits per heavy atom. The van der Waals surface area contributed by atoms with Crippen molar-refractivity contribution < 1.29 is 9.90 Å². The van der Waals surface area contributed by atoms with Crippen LogP contribution >= 0.6 is 0 Å². The highest BCUT2D eigenvalue weighted by atomic mass is 16.3. The van der Waals surface area contributed by atoms with Crippen molar-refractivity contribution in [3.63, 3.8) is 0 Å². The number of aromatic hydroxyl groups is 1. The molecule has 2 aliphatic rings. The number of carbonyl (C=O) groups excluding carboxylic acids is 1. The van der Waals surface area contributed by atoms with E-state index < -0.39 is 5.41 Å². The quantitative estimate of drug-likeness (QED) is 0.900. The minimum Gasteiger partial charge on any atom is -0.508 e. The van der Waals surface area contributed by atoms with Crippen LogP contribution in [-0.2, 0) is 16.6 Å². The predicted octanol–water partition coefficient (Wildman–Crippen LogP) is 4.02. The van der Waals surface area contributed by atoms with Crippen molar-refractivity contribution >= 4 is 11.6 Å². The lowest BCUT2D eigenvalue weighted by molar-refractivity contribution is -0.122. The van der Waals surface area contributed by atoms with Crippen LogP contribution in [0.15, 0.2) is 48.5 Å². The van der Waals surface area contributed by atoms with Crippen LogP contribution < -0.4 is 5.32 Å². The van der Waals surface area contributed by atoms with Crippen LogP contribution in [-0.4, -0.2) is 11.0 Å². The average Bonchev–Trinajstić information content (AvgIpc) is 3.17. The van der Waals surface area contributed by atoms with Crippen molar-refractivity contribution in [2.75, 3.05) is 5.32 Å². The van der Waals surface area contributed by atoms with E-state index in [-0.39, 0.29) is 11.7 Å². The number of hydrogen-bond acceptors (Lipinski definition) is 2. The molecule has 1 saturated carbocycles. The van der Waals surface area contributed by atoms with Gasteiger partial charge in [0, 0.05) is 5.69 Å². The number of carbonyl (C=O) groups is 1. The van der Waals surface area contributed by atoms with Crippen LogP contribution in [0.3, 0.4) is 0 Å². The van der Waals surface area contributed by atoms with Gasteiger partial charge in [-0.1, -0.05) is 43.2 Å². The number of nitrogens with one attached hydrogen (secondary N) is 1. The van der Waals surface area contributed by atoms with Crippen molar-refractivity contribution in [2.45, 2.75) is 37.5 Å². The zero-order chi connectivity index (χ0) is 15.9. The first-order valence-corrected chi connectivity index (χ1v) is 8.39. The van der Waals surface area contributed by atoms with E-state index in [9.17, 15) is 9.90 Å². The Labute approximate surface area is 136 Å². The predicted molar refractivity (Wildman–Crippen MR) is 90.5 cm³/mol. The molecule has 3 nitrogen and oxygen atoms in total. The lowest BCUT2D eigenvalue weighted by Crippen LogP contribution is -2.43. The maximum absolute atomic E-state index is 13.1. The van der Waals surface area contributed by atoms with Gasteiger partial charge in [-0.05, 0) is 54.5 Å². The summed E-state index contributed by atoms with van der Waals surface area (Å²) in [6.07, 6.45) is 5.33. The first-order valence-electron chi connectivity index (χ1n) is 8.39. The summed E-state index contributed by atoms with van der Waals surface area (Å²) >= 11 is 0. The maximum atomic E-state index is 13.1. The molecule has 1 aliphatic carbocycles. The van der Waals surface area contributed by atoms with Gasteiger partial charge >= 0.3 is 0 Å². The lowest BCUT2D eigenvalue weighted by Gasteiger charge is -2.34. The lowest BCUT2D eigenvalue weighted by atomic mass is 9.66. The van der Waals surface area contributed by atoms with Crippen molar-refractivity contribution in [3.05, 3.63) is 59.7 Å². The van der Waals surface area contributed by atoms with E-state index >= 15 is 0 Å². The summed E-state index contributed by atoms with van der Waals surface area (Å²) < 4.78 is 0. The summed E-state index contributed by atoms with van der Waals surface area (Å²) in [7, 11) is 0. The molecule has 1 heterocycles. The standard InChI is InChI=1S/C20H21NO2/c22-16-11-9-14(10-12-16)13-20(15-5-1-2-6-15)17-7-3-4-8-18(17)21-19(20)23/h3-4,7-12,15,22H,1-2,5-6,13H2,(H,21,23). The van der Waals surface area contributed by atoms with Crippen molar-refractivity contribution in [3.8, 4) is 5.75 Å². The zero-order valence-corrected chi connectivity index (χ0v) is 13.1. The number of amides is 1. The zero-order valence-electron chi connectivity index (χ0n) is 13.1. The van der Waals surface area contributed by atoms with Crippen molar-refractivity contribution in [2.24, 2.45) is 5.92 Å². The summed E-state index contributed by atoms with van der Waals surface area (Å²) in [5, 5.41) is 12.6. The summed E-state index contributed by atoms with van der Waals surface area (Å²) in [5.41, 5.74) is 2.74. The van der Waals surface area contributed by atoms with Crippen molar-refractivity contribution in [1.29, 1.82) is 0 Å². The highest BCUT2D eigenvalue weighted by molar-refractivity contribution is 6.06. The van der Waals surface area contributed by atoms with Gasteiger partial charge in [-0.15, -0.1) is 0 Å². The van der Waals surface area contributed by atoms with E-state index in [1.807, 2.05) is 30.3 Å².